The molecule has 1 unspecified atom stereocenters. The second-order valence-corrected chi connectivity index (χ2v) is 12.3. The third kappa shape index (κ3) is 7.65. The van der Waals surface area contributed by atoms with Crippen LogP contribution in [-0.4, -0.2) is 63.0 Å². The number of phosphoric acid groups is 1. The highest BCUT2D eigenvalue weighted by molar-refractivity contribution is 7.46. The lowest BCUT2D eigenvalue weighted by atomic mass is 9.66. The van der Waals surface area contributed by atoms with Gasteiger partial charge in [0, 0.05) is 30.1 Å². The van der Waals surface area contributed by atoms with Crippen molar-refractivity contribution in [3.05, 3.63) is 34.9 Å². The van der Waals surface area contributed by atoms with Crippen LogP contribution in [0.3, 0.4) is 0 Å². The Balaban J connectivity index is 2.08. The fraction of sp³-hybridized carbons (Fsp3) is 0.652. The molecule has 12 heteroatoms. The van der Waals surface area contributed by atoms with Gasteiger partial charge >= 0.3 is 13.9 Å². The minimum Gasteiger partial charge on any atom is -0.384 e. The number of likely N-dealkylation sites (tertiary alicyclic amines) is 1. The summed E-state index contributed by atoms with van der Waals surface area (Å²) in [6.45, 7) is 10.7. The minimum absolute atomic E-state index is 0.187. The van der Waals surface area contributed by atoms with Crippen LogP contribution in [0.2, 0.25) is 5.02 Å². The van der Waals surface area contributed by atoms with Crippen LogP contribution in [0.5, 0.6) is 0 Å². The summed E-state index contributed by atoms with van der Waals surface area (Å²) in [4.78, 5) is 45.6. The second-order valence-electron chi connectivity index (χ2n) is 10.7. The maximum Gasteiger partial charge on any atom is 0.470 e. The summed E-state index contributed by atoms with van der Waals surface area (Å²) >= 11 is 6.00. The monoisotopic (exact) mass is 533 g/mol. The van der Waals surface area contributed by atoms with Crippen molar-refractivity contribution in [2.45, 2.75) is 65.2 Å². The molecular weight excluding hydrogens is 497 g/mol. The Morgan fingerprint density at radius 2 is 1.80 bits per heavy atom. The Hall–Kier alpha value is -1.68. The molecule has 1 aliphatic heterocycles. The highest BCUT2D eigenvalue weighted by atomic mass is 35.5. The van der Waals surface area contributed by atoms with Gasteiger partial charge in [0.25, 0.3) is 0 Å². The van der Waals surface area contributed by atoms with E-state index in [1.54, 1.807) is 29.2 Å². The number of amides is 3. The van der Waals surface area contributed by atoms with Crippen molar-refractivity contribution >= 4 is 31.4 Å². The molecule has 10 nitrogen and oxygen atoms in total. The predicted octanol–water partition coefficient (Wildman–Crippen LogP) is 3.00. The molecule has 0 saturated carbocycles. The molecule has 5 N–H and O–H groups in total. The molecular formula is C23H37ClN3O7P. The highest BCUT2D eigenvalue weighted by Gasteiger charge is 2.50. The predicted molar refractivity (Wildman–Crippen MR) is 133 cm³/mol. The molecule has 1 fully saturated rings. The summed E-state index contributed by atoms with van der Waals surface area (Å²) in [5.74, 6) is -0.500. The van der Waals surface area contributed by atoms with Gasteiger partial charge in [-0.1, -0.05) is 51.4 Å². The zero-order valence-electron chi connectivity index (χ0n) is 21.0. The average Bonchev–Trinajstić information content (AvgIpc) is 2.70. The molecule has 0 aliphatic carbocycles. The average molecular weight is 534 g/mol. The first-order chi connectivity index (χ1) is 15.9. The lowest BCUT2D eigenvalue weighted by Crippen LogP contribution is -2.61. The van der Waals surface area contributed by atoms with Gasteiger partial charge in [0.2, 0.25) is 5.91 Å². The molecule has 1 heterocycles. The summed E-state index contributed by atoms with van der Waals surface area (Å²) in [6.07, 6.45) is 0.318. The number of aliphatic hydroxyl groups is 1. The lowest BCUT2D eigenvalue weighted by molar-refractivity contribution is -0.155. The van der Waals surface area contributed by atoms with Crippen LogP contribution in [0.25, 0.3) is 0 Å². The van der Waals surface area contributed by atoms with Crippen molar-refractivity contribution in [1.82, 2.24) is 15.5 Å². The van der Waals surface area contributed by atoms with E-state index < -0.39 is 36.5 Å². The Kier molecular flexibility index (Phi) is 9.07. The van der Waals surface area contributed by atoms with Crippen molar-refractivity contribution < 1.29 is 33.6 Å². The van der Waals surface area contributed by atoms with Crippen LogP contribution in [0.4, 0.5) is 4.79 Å². The molecule has 3 amide bonds. The lowest BCUT2D eigenvalue weighted by Gasteiger charge is -2.51. The smallest absolute Gasteiger partial charge is 0.384 e. The molecule has 2 rings (SSSR count). The number of halogens is 1. The summed E-state index contributed by atoms with van der Waals surface area (Å²) in [5.41, 5.74) is -2.42. The maximum atomic E-state index is 13.4. The van der Waals surface area contributed by atoms with Crippen molar-refractivity contribution in [3.63, 3.8) is 0 Å². The molecule has 1 saturated heterocycles. The van der Waals surface area contributed by atoms with Gasteiger partial charge < -0.3 is 30.4 Å². The number of carbonyl (C=O) groups is 2. The van der Waals surface area contributed by atoms with Crippen molar-refractivity contribution in [2.75, 3.05) is 19.6 Å². The van der Waals surface area contributed by atoms with Gasteiger partial charge in [0.1, 0.15) is 6.04 Å². The molecule has 1 aromatic carbocycles. The number of rotatable bonds is 8. The van der Waals surface area contributed by atoms with E-state index in [4.69, 9.17) is 21.4 Å². The SMILES string of the molecule is CC(C)C(NC(=O)NCC(C)(C)OP(=O)(O)O)C(=O)N1CC[C@](O)(c2ccc(Cl)cc2)C(C)(C)C1. The zero-order chi connectivity index (χ0) is 26.8. The standard InChI is InChI=1S/C23H37ClN3O7P/c1-15(2)18(26-20(29)25-13-22(5,6)34-35(31,32)33)19(28)27-12-11-23(30,21(3,4)14-27)16-7-9-17(24)10-8-16/h7-10,15,18,30H,11-14H2,1-6H3,(H2,25,26,29)(H2,31,32,33)/t18?,23-/m0/s1. The summed E-state index contributed by atoms with van der Waals surface area (Å²) in [7, 11) is -4.73. The number of piperidine rings is 1. The number of urea groups is 1. The Morgan fingerprint density at radius 1 is 1.23 bits per heavy atom. The van der Waals surface area contributed by atoms with Crippen LogP contribution in [0.1, 0.15) is 53.5 Å². The number of carbonyl (C=O) groups excluding carboxylic acids is 2. The third-order valence-corrected chi connectivity index (χ3v) is 7.33. The fourth-order valence-electron chi connectivity index (χ4n) is 4.32. The topological polar surface area (TPSA) is 148 Å². The number of hydrogen-bond acceptors (Lipinski definition) is 5. The Labute approximate surface area is 211 Å². The minimum atomic E-state index is -4.73. The molecule has 1 aromatic rings. The maximum absolute atomic E-state index is 13.4. The van der Waals surface area contributed by atoms with Crippen molar-refractivity contribution in [2.24, 2.45) is 11.3 Å². The van der Waals surface area contributed by atoms with Crippen LogP contribution in [-0.2, 0) is 19.5 Å². The van der Waals surface area contributed by atoms with Gasteiger partial charge in [-0.2, -0.15) is 0 Å². The molecule has 0 radical (unpaired) electrons. The number of benzene rings is 1. The van der Waals surface area contributed by atoms with E-state index in [1.165, 1.54) is 13.8 Å². The normalized spacial score (nSPS) is 21.5. The quantitative estimate of drug-likeness (QED) is 0.322. The van der Waals surface area contributed by atoms with Crippen LogP contribution in [0, 0.1) is 11.3 Å². The van der Waals surface area contributed by atoms with Gasteiger partial charge in [-0.3, -0.25) is 9.32 Å². The number of nitrogens with zero attached hydrogens (tertiary/aromatic N) is 1. The van der Waals surface area contributed by atoms with E-state index in [-0.39, 0.29) is 24.9 Å². The summed E-state index contributed by atoms with van der Waals surface area (Å²) in [6, 6.07) is 5.55. The van der Waals surface area contributed by atoms with Crippen LogP contribution >= 0.6 is 19.4 Å². The molecule has 198 valence electrons. The van der Waals surface area contributed by atoms with Crippen LogP contribution in [0.15, 0.2) is 24.3 Å². The van der Waals surface area contributed by atoms with Gasteiger partial charge in [0.15, 0.2) is 0 Å². The number of nitrogens with one attached hydrogen (secondary N) is 2. The van der Waals surface area contributed by atoms with Crippen LogP contribution < -0.4 is 10.6 Å². The van der Waals surface area contributed by atoms with Gasteiger partial charge in [-0.25, -0.2) is 9.36 Å². The van der Waals surface area contributed by atoms with E-state index >= 15 is 0 Å². The van der Waals surface area contributed by atoms with Gasteiger partial charge in [0.05, 0.1) is 11.2 Å². The van der Waals surface area contributed by atoms with Gasteiger partial charge in [-0.15, -0.1) is 0 Å². The van der Waals surface area contributed by atoms with E-state index in [9.17, 15) is 19.3 Å². The highest BCUT2D eigenvalue weighted by Crippen LogP contribution is 2.46. The van der Waals surface area contributed by atoms with E-state index in [0.717, 1.165) is 5.56 Å². The fourth-order valence-corrected chi connectivity index (χ4v) is 5.16. The Bertz CT molecular complexity index is 964. The van der Waals surface area contributed by atoms with E-state index in [0.29, 0.717) is 18.0 Å². The van der Waals surface area contributed by atoms with Crippen molar-refractivity contribution in [3.8, 4) is 0 Å². The first-order valence-electron chi connectivity index (χ1n) is 11.4. The zero-order valence-corrected chi connectivity index (χ0v) is 22.7. The second kappa shape index (κ2) is 10.7. The number of phosphoric ester groups is 1. The first-order valence-corrected chi connectivity index (χ1v) is 13.4. The third-order valence-electron chi connectivity index (χ3n) is 6.34. The summed E-state index contributed by atoms with van der Waals surface area (Å²) < 4.78 is 15.8. The molecule has 35 heavy (non-hydrogen) atoms. The number of hydrogen-bond donors (Lipinski definition) is 5. The van der Waals surface area contributed by atoms with E-state index in [1.807, 2.05) is 27.7 Å². The molecule has 0 aromatic heterocycles. The molecule has 2 atom stereocenters. The van der Waals surface area contributed by atoms with Crippen molar-refractivity contribution in [1.29, 1.82) is 0 Å². The van der Waals surface area contributed by atoms with Gasteiger partial charge in [-0.05, 0) is 43.9 Å². The molecule has 1 aliphatic rings. The molecule has 0 spiro atoms. The largest absolute Gasteiger partial charge is 0.470 e. The van der Waals surface area contributed by atoms with E-state index in [2.05, 4.69) is 15.2 Å². The summed E-state index contributed by atoms with van der Waals surface area (Å²) in [5, 5.41) is 17.3. The first kappa shape index (κ1) is 29.5. The Morgan fingerprint density at radius 3 is 2.29 bits per heavy atom. The molecule has 0 bridgehead atoms.